The third-order valence-electron chi connectivity index (χ3n) is 7.97. The molecule has 2 saturated heterocycles. The first-order valence-corrected chi connectivity index (χ1v) is 10.6. The number of allylic oxidation sites excluding steroid dienone is 1. The van der Waals surface area contributed by atoms with Gasteiger partial charge in [0.15, 0.2) is 5.78 Å². The van der Waals surface area contributed by atoms with Crippen LogP contribution in [0.25, 0.3) is 0 Å². The summed E-state index contributed by atoms with van der Waals surface area (Å²) in [5, 5.41) is 0. The van der Waals surface area contributed by atoms with Crippen molar-refractivity contribution in [1.82, 2.24) is 0 Å². The van der Waals surface area contributed by atoms with Crippen LogP contribution in [0.15, 0.2) is 35.9 Å². The molecule has 0 unspecified atom stereocenters. The Balaban J connectivity index is 1.46. The number of fused-ring (bicyclic) bond motifs is 2. The van der Waals surface area contributed by atoms with E-state index < -0.39 is 35.2 Å². The molecule has 1 aromatic rings. The molecule has 7 heteroatoms. The Hall–Kier alpha value is -2.51. The minimum Gasteiger partial charge on any atom is -0.456 e. The van der Waals surface area contributed by atoms with E-state index in [1.165, 1.54) is 6.92 Å². The molecule has 5 rings (SSSR count). The van der Waals surface area contributed by atoms with Crippen molar-refractivity contribution in [2.75, 3.05) is 6.61 Å². The Morgan fingerprint density at radius 3 is 2.58 bits per heavy atom. The fraction of sp³-hybridized carbons (Fsp3) is 0.542. The van der Waals surface area contributed by atoms with Gasteiger partial charge in [0.05, 0.1) is 12.7 Å². The first-order chi connectivity index (χ1) is 14.6. The average molecular weight is 426 g/mol. The fourth-order valence-corrected chi connectivity index (χ4v) is 5.89. The summed E-state index contributed by atoms with van der Waals surface area (Å²) in [7, 11) is 0. The topological polar surface area (TPSA) is 91.4 Å². The highest BCUT2D eigenvalue weighted by Gasteiger charge is 2.81. The van der Waals surface area contributed by atoms with Crippen molar-refractivity contribution in [3.63, 3.8) is 0 Å². The lowest BCUT2D eigenvalue weighted by Gasteiger charge is -2.55. The highest BCUT2D eigenvalue weighted by atomic mass is 16.7. The van der Waals surface area contributed by atoms with Crippen molar-refractivity contribution < 1.29 is 33.3 Å². The van der Waals surface area contributed by atoms with Gasteiger partial charge in [0.1, 0.15) is 29.1 Å². The van der Waals surface area contributed by atoms with Crippen molar-refractivity contribution >= 4 is 17.7 Å². The van der Waals surface area contributed by atoms with E-state index in [1.807, 2.05) is 13.0 Å². The Morgan fingerprint density at radius 1 is 1.19 bits per heavy atom. The highest BCUT2D eigenvalue weighted by molar-refractivity contribution is 5.96. The van der Waals surface area contributed by atoms with Gasteiger partial charge in [-0.2, -0.15) is 0 Å². The van der Waals surface area contributed by atoms with Crippen LogP contribution in [0.2, 0.25) is 0 Å². The van der Waals surface area contributed by atoms with Crippen molar-refractivity contribution in [3.8, 4) is 5.75 Å². The molecule has 6 atom stereocenters. The van der Waals surface area contributed by atoms with Gasteiger partial charge in [-0.15, -0.1) is 0 Å². The van der Waals surface area contributed by atoms with Crippen LogP contribution in [0.1, 0.15) is 50.9 Å². The fourth-order valence-electron chi connectivity index (χ4n) is 5.89. The Kier molecular flexibility index (Phi) is 4.27. The third kappa shape index (κ3) is 2.69. The van der Waals surface area contributed by atoms with Crippen LogP contribution in [0.5, 0.6) is 5.75 Å². The molecule has 0 N–H and O–H groups in total. The molecule has 2 bridgehead atoms. The minimum absolute atomic E-state index is 0.119. The van der Waals surface area contributed by atoms with Gasteiger partial charge in [-0.05, 0) is 37.1 Å². The van der Waals surface area contributed by atoms with Gasteiger partial charge < -0.3 is 18.9 Å². The number of carbonyl (C=O) groups is 3. The largest absolute Gasteiger partial charge is 0.456 e. The maximum atomic E-state index is 13.0. The summed E-state index contributed by atoms with van der Waals surface area (Å²) in [6.07, 6.45) is 1.63. The van der Waals surface area contributed by atoms with E-state index >= 15 is 0 Å². The summed E-state index contributed by atoms with van der Waals surface area (Å²) in [6, 6.07) is 6.50. The van der Waals surface area contributed by atoms with Gasteiger partial charge in [-0.1, -0.05) is 26.0 Å². The quantitative estimate of drug-likeness (QED) is 0.417. The number of ether oxygens (including phenoxy) is 4. The smallest absolute Gasteiger partial charge is 0.342 e. The maximum absolute atomic E-state index is 13.0. The molecule has 0 radical (unpaired) electrons. The lowest BCUT2D eigenvalue weighted by molar-refractivity contribution is -0.197. The number of epoxide rings is 1. The second-order valence-electron chi connectivity index (χ2n) is 9.59. The number of hydrogen-bond acceptors (Lipinski definition) is 7. The monoisotopic (exact) mass is 426 g/mol. The number of rotatable bonds is 3. The van der Waals surface area contributed by atoms with Crippen LogP contribution in [0, 0.1) is 10.8 Å². The molecule has 4 aliphatic rings. The van der Waals surface area contributed by atoms with Gasteiger partial charge in [0.2, 0.25) is 0 Å². The molecule has 31 heavy (non-hydrogen) atoms. The van der Waals surface area contributed by atoms with E-state index in [2.05, 4.69) is 13.8 Å². The normalized spacial score (nSPS) is 40.2. The Morgan fingerprint density at radius 2 is 1.90 bits per heavy atom. The second kappa shape index (κ2) is 6.50. The predicted molar refractivity (Wildman–Crippen MR) is 109 cm³/mol. The Bertz CT molecular complexity index is 1020. The van der Waals surface area contributed by atoms with Gasteiger partial charge in [0.25, 0.3) is 0 Å². The van der Waals surface area contributed by atoms with E-state index in [0.717, 1.165) is 0 Å². The summed E-state index contributed by atoms with van der Waals surface area (Å²) in [5.41, 5.74) is -0.502. The zero-order chi connectivity index (χ0) is 22.2. The van der Waals surface area contributed by atoms with Crippen LogP contribution in [-0.2, 0) is 23.8 Å². The summed E-state index contributed by atoms with van der Waals surface area (Å²) >= 11 is 0. The van der Waals surface area contributed by atoms with E-state index in [4.69, 9.17) is 18.9 Å². The molecule has 0 amide bonds. The molecule has 2 aliphatic carbocycles. The summed E-state index contributed by atoms with van der Waals surface area (Å²) in [5.74, 6) is -0.806. The molecule has 3 fully saturated rings. The lowest BCUT2D eigenvalue weighted by Crippen LogP contribution is -2.62. The van der Waals surface area contributed by atoms with Crippen molar-refractivity contribution in [1.29, 1.82) is 0 Å². The summed E-state index contributed by atoms with van der Waals surface area (Å²) < 4.78 is 23.6. The van der Waals surface area contributed by atoms with Crippen molar-refractivity contribution in [2.24, 2.45) is 10.8 Å². The molecule has 1 aromatic carbocycles. The van der Waals surface area contributed by atoms with E-state index in [0.29, 0.717) is 25.0 Å². The van der Waals surface area contributed by atoms with E-state index in [-0.39, 0.29) is 28.6 Å². The first kappa shape index (κ1) is 20.4. The number of esters is 2. The molecule has 164 valence electrons. The average Bonchev–Trinajstić information content (AvgIpc) is 3.47. The van der Waals surface area contributed by atoms with E-state index in [9.17, 15) is 14.4 Å². The molecule has 0 aromatic heterocycles. The van der Waals surface area contributed by atoms with Gasteiger partial charge >= 0.3 is 11.9 Å². The summed E-state index contributed by atoms with van der Waals surface area (Å²) in [4.78, 5) is 37.0. The first-order valence-electron chi connectivity index (χ1n) is 10.6. The molecule has 1 spiro atoms. The third-order valence-corrected chi connectivity index (χ3v) is 7.97. The number of benzene rings is 1. The molecular weight excluding hydrogens is 400 g/mol. The van der Waals surface area contributed by atoms with Crippen LogP contribution in [0.3, 0.4) is 0 Å². The number of Topliss-reactive ketones (excluding diaryl/α,β-unsaturated/α-hetero) is 1. The molecule has 2 aliphatic heterocycles. The zero-order valence-electron chi connectivity index (χ0n) is 18.1. The molecule has 2 heterocycles. The van der Waals surface area contributed by atoms with Crippen molar-refractivity contribution in [3.05, 3.63) is 41.5 Å². The number of para-hydroxylation sites is 1. The molecule has 1 saturated carbocycles. The van der Waals surface area contributed by atoms with Crippen LogP contribution in [0.4, 0.5) is 0 Å². The lowest BCUT2D eigenvalue weighted by atomic mass is 9.52. The highest BCUT2D eigenvalue weighted by Crippen LogP contribution is 2.71. The minimum atomic E-state index is -0.576. The second-order valence-corrected chi connectivity index (χ2v) is 9.59. The van der Waals surface area contributed by atoms with Crippen LogP contribution < -0.4 is 4.74 Å². The standard InChI is InChI=1S/C24H26O7/c1-13-9-19-22(3,10-16(13)26)23(4)11-18(20(31-19)24(23)12-28-24)30-21(27)15-7-5-6-8-17(15)29-14(2)25/h5-9,18-20H,10-12H2,1-4H3/t18-,19-,20-,22+,23-,24+/m1/s1. The zero-order valence-corrected chi connectivity index (χ0v) is 18.1. The van der Waals surface area contributed by atoms with Gasteiger partial charge in [-0.25, -0.2) is 4.79 Å². The number of hydrogen-bond donors (Lipinski definition) is 0. The maximum Gasteiger partial charge on any atom is 0.342 e. The van der Waals surface area contributed by atoms with Crippen LogP contribution >= 0.6 is 0 Å². The molecule has 7 nitrogen and oxygen atoms in total. The van der Waals surface area contributed by atoms with Gasteiger partial charge in [-0.3, -0.25) is 9.59 Å². The van der Waals surface area contributed by atoms with E-state index in [1.54, 1.807) is 24.3 Å². The van der Waals surface area contributed by atoms with Crippen LogP contribution in [-0.4, -0.2) is 48.2 Å². The van der Waals surface area contributed by atoms with Gasteiger partial charge in [0, 0.05) is 24.2 Å². The summed E-state index contributed by atoms with van der Waals surface area (Å²) in [6.45, 7) is 7.83. The molecular formula is C24H26O7. The van der Waals surface area contributed by atoms with Crippen molar-refractivity contribution in [2.45, 2.75) is 64.4 Å². The number of carbonyl (C=O) groups excluding carboxylic acids is 3. The predicted octanol–water partition coefficient (Wildman–Crippen LogP) is 3.01. The SMILES string of the molecule is CC(=O)Oc1ccccc1C(=O)O[C@@H]1C[C@]2(C)[C@@]3(C)CC(=O)C(C)=C[C@H]3O[C@H]1[C@@]21CO1. The number of ketones is 1. The Labute approximate surface area is 180 Å².